The van der Waals surface area contributed by atoms with Crippen LogP contribution in [0.2, 0.25) is 0 Å². The highest BCUT2D eigenvalue weighted by Gasteiger charge is 2.30. The molecule has 1 atom stereocenters. The lowest BCUT2D eigenvalue weighted by Gasteiger charge is -2.34. The first-order chi connectivity index (χ1) is 18.0. The predicted octanol–water partition coefficient (Wildman–Crippen LogP) is 5.56. The Hall–Kier alpha value is -4.47. The number of rotatable bonds is 6. The van der Waals surface area contributed by atoms with E-state index in [2.05, 4.69) is 20.4 Å². The third-order valence-electron chi connectivity index (χ3n) is 6.27. The molecular weight excluding hydrogens is 475 g/mol. The van der Waals surface area contributed by atoms with E-state index in [-0.39, 0.29) is 18.9 Å². The molecule has 37 heavy (non-hydrogen) atoms. The fourth-order valence-corrected chi connectivity index (χ4v) is 4.35. The number of aromatic hydroxyl groups is 1. The van der Waals surface area contributed by atoms with E-state index >= 15 is 0 Å². The molecule has 2 N–H and O–H groups in total. The lowest BCUT2D eigenvalue weighted by molar-refractivity contribution is 0.0439. The number of aryl methyl sites for hydroxylation is 1. The Bertz CT molecular complexity index is 1390. The molecule has 0 bridgehead atoms. The summed E-state index contributed by atoms with van der Waals surface area (Å²) in [4.78, 5) is 23.5. The molecule has 1 fully saturated rings. The van der Waals surface area contributed by atoms with E-state index in [0.29, 0.717) is 29.4 Å². The second-order valence-corrected chi connectivity index (χ2v) is 8.94. The van der Waals surface area contributed by atoms with Gasteiger partial charge in [-0.15, -0.1) is 0 Å². The zero-order valence-corrected chi connectivity index (χ0v) is 20.3. The zero-order valence-electron chi connectivity index (χ0n) is 20.3. The Morgan fingerprint density at radius 2 is 2.03 bits per heavy atom. The van der Waals surface area contributed by atoms with Gasteiger partial charge in [0, 0.05) is 18.3 Å². The number of phenols is 1. The smallest absolute Gasteiger partial charge is 0.411 e. The number of carbonyl (C=O) groups excluding carboxylic acids is 1. The summed E-state index contributed by atoms with van der Waals surface area (Å²) >= 11 is 0. The molecule has 1 aliphatic rings. The van der Waals surface area contributed by atoms with Gasteiger partial charge in [-0.25, -0.2) is 23.8 Å². The van der Waals surface area contributed by atoms with E-state index in [1.807, 2.05) is 37.3 Å². The van der Waals surface area contributed by atoms with Gasteiger partial charge in [0.1, 0.15) is 12.8 Å². The maximum Gasteiger partial charge on any atom is 0.411 e. The van der Waals surface area contributed by atoms with Crippen molar-refractivity contribution in [2.75, 3.05) is 11.9 Å². The van der Waals surface area contributed by atoms with Crippen molar-refractivity contribution >= 4 is 17.7 Å². The third-order valence-corrected chi connectivity index (χ3v) is 6.27. The van der Waals surface area contributed by atoms with Gasteiger partial charge in [-0.2, -0.15) is 5.10 Å². The van der Waals surface area contributed by atoms with Crippen LogP contribution in [0.4, 0.5) is 20.8 Å². The molecule has 0 spiro atoms. The number of hydrogen-bond acceptors (Lipinski definition) is 7. The number of carbonyl (C=O) groups is 1. The quantitative estimate of drug-likeness (QED) is 0.356. The normalized spacial score (nSPS) is 15.4. The highest BCUT2D eigenvalue weighted by atomic mass is 19.1. The van der Waals surface area contributed by atoms with E-state index in [4.69, 9.17) is 4.74 Å². The van der Waals surface area contributed by atoms with Crippen LogP contribution >= 0.6 is 0 Å². The molecule has 2 aromatic heterocycles. The van der Waals surface area contributed by atoms with Gasteiger partial charge in [0.25, 0.3) is 0 Å². The molecule has 1 saturated heterocycles. The number of hydrogen-bond donors (Lipinski definition) is 2. The molecule has 0 radical (unpaired) electrons. The molecule has 10 heteroatoms. The van der Waals surface area contributed by atoms with Crippen LogP contribution in [0.25, 0.3) is 11.3 Å². The first-order valence-corrected chi connectivity index (χ1v) is 12.1. The first kappa shape index (κ1) is 24.2. The van der Waals surface area contributed by atoms with Crippen molar-refractivity contribution < 1.29 is 19.0 Å². The topological polar surface area (TPSA) is 105 Å². The fraction of sp³-hybridized carbons (Fsp3) is 0.259. The number of halogens is 1. The highest BCUT2D eigenvalue weighted by Crippen LogP contribution is 2.29. The predicted molar refractivity (Wildman–Crippen MR) is 136 cm³/mol. The lowest BCUT2D eigenvalue weighted by Crippen LogP contribution is -2.41. The van der Waals surface area contributed by atoms with Gasteiger partial charge >= 0.3 is 6.09 Å². The molecular formula is C27H27FN6O3. The van der Waals surface area contributed by atoms with Gasteiger partial charge < -0.3 is 15.2 Å². The molecule has 1 unspecified atom stereocenters. The number of ether oxygens (including phenoxy) is 1. The maximum atomic E-state index is 13.9. The molecule has 9 nitrogen and oxygen atoms in total. The van der Waals surface area contributed by atoms with Crippen LogP contribution in [-0.4, -0.2) is 42.4 Å². The van der Waals surface area contributed by atoms with Gasteiger partial charge in [0.2, 0.25) is 5.95 Å². The number of piperidine rings is 1. The molecule has 2 aromatic carbocycles. The molecule has 4 aromatic rings. The van der Waals surface area contributed by atoms with Gasteiger partial charge in [-0.05, 0) is 55.5 Å². The number of nitrogens with zero attached hydrogens (tertiary/aromatic N) is 5. The number of likely N-dealkylation sites (tertiary alicyclic amines) is 1. The summed E-state index contributed by atoms with van der Waals surface area (Å²) < 4.78 is 21.2. The summed E-state index contributed by atoms with van der Waals surface area (Å²) in [5, 5.41) is 17.1. The van der Waals surface area contributed by atoms with Gasteiger partial charge in [0.15, 0.2) is 11.6 Å². The minimum atomic E-state index is -0.717. The second kappa shape index (κ2) is 10.7. The van der Waals surface area contributed by atoms with E-state index in [1.165, 1.54) is 12.1 Å². The van der Waals surface area contributed by atoms with Crippen molar-refractivity contribution in [3.8, 4) is 17.0 Å². The van der Waals surface area contributed by atoms with Crippen molar-refractivity contribution in [3.63, 3.8) is 0 Å². The summed E-state index contributed by atoms with van der Waals surface area (Å²) in [5.41, 5.74) is 3.42. The summed E-state index contributed by atoms with van der Waals surface area (Å²) in [5.74, 6) is -0.816. The fourth-order valence-electron chi connectivity index (χ4n) is 4.35. The Morgan fingerprint density at radius 1 is 1.19 bits per heavy atom. The number of nitrogens with one attached hydrogen (secondary N) is 1. The molecule has 5 rings (SSSR count). The first-order valence-electron chi connectivity index (χ1n) is 12.1. The van der Waals surface area contributed by atoms with Gasteiger partial charge in [0.05, 0.1) is 23.8 Å². The summed E-state index contributed by atoms with van der Waals surface area (Å²) in [6.07, 6.45) is 7.10. The highest BCUT2D eigenvalue weighted by molar-refractivity contribution is 5.68. The van der Waals surface area contributed by atoms with Crippen molar-refractivity contribution in [2.45, 2.75) is 39.0 Å². The number of benzene rings is 2. The standard InChI is InChI=1S/C27H27FN6O3/c1-18-14-29-26(32-25(18)20-10-11-23(35)22(28)13-20)31-21-15-30-34(16-21)24-9-5-6-12-33(24)27(36)37-17-19-7-3-2-4-8-19/h2-4,7-8,10-11,13-16,24,35H,5-6,9,12,17H2,1H3,(H,29,31,32). The monoisotopic (exact) mass is 502 g/mol. The Balaban J connectivity index is 1.30. The van der Waals surface area contributed by atoms with Gasteiger partial charge in [-0.3, -0.25) is 4.90 Å². The van der Waals surface area contributed by atoms with Crippen molar-refractivity contribution in [2.24, 2.45) is 0 Å². The minimum absolute atomic E-state index is 0.215. The van der Waals surface area contributed by atoms with Crippen LogP contribution in [0.15, 0.2) is 67.1 Å². The summed E-state index contributed by atoms with van der Waals surface area (Å²) in [7, 11) is 0. The van der Waals surface area contributed by atoms with Gasteiger partial charge in [-0.1, -0.05) is 30.3 Å². The Kier molecular flexibility index (Phi) is 6.98. The zero-order chi connectivity index (χ0) is 25.8. The van der Waals surface area contributed by atoms with Crippen LogP contribution in [0, 0.1) is 12.7 Å². The van der Waals surface area contributed by atoms with E-state index < -0.39 is 11.6 Å². The number of aromatic nitrogens is 4. The summed E-state index contributed by atoms with van der Waals surface area (Å²) in [6, 6.07) is 13.7. The second-order valence-electron chi connectivity index (χ2n) is 8.94. The van der Waals surface area contributed by atoms with Crippen molar-refractivity contribution in [3.05, 3.63) is 84.1 Å². The lowest BCUT2D eigenvalue weighted by atomic mass is 10.1. The Morgan fingerprint density at radius 3 is 2.84 bits per heavy atom. The largest absolute Gasteiger partial charge is 0.505 e. The van der Waals surface area contributed by atoms with Crippen LogP contribution < -0.4 is 5.32 Å². The number of phenolic OH excluding ortho intramolecular Hbond substituents is 1. The van der Waals surface area contributed by atoms with Crippen LogP contribution in [0.1, 0.15) is 36.6 Å². The summed E-state index contributed by atoms with van der Waals surface area (Å²) in [6.45, 7) is 2.64. The Labute approximate surface area is 213 Å². The molecule has 0 saturated carbocycles. The van der Waals surface area contributed by atoms with E-state index in [0.717, 1.165) is 30.4 Å². The SMILES string of the molecule is Cc1cnc(Nc2cnn(C3CCCCN3C(=O)OCc3ccccc3)c2)nc1-c1ccc(O)c(F)c1. The number of amides is 1. The molecule has 1 amide bonds. The third kappa shape index (κ3) is 5.53. The average Bonchev–Trinajstić information content (AvgIpc) is 3.39. The molecule has 1 aliphatic heterocycles. The maximum absolute atomic E-state index is 13.9. The van der Waals surface area contributed by atoms with Crippen LogP contribution in [0.3, 0.4) is 0 Å². The molecule has 0 aliphatic carbocycles. The van der Waals surface area contributed by atoms with Crippen LogP contribution in [0.5, 0.6) is 5.75 Å². The molecule has 3 heterocycles. The van der Waals surface area contributed by atoms with Crippen molar-refractivity contribution in [1.82, 2.24) is 24.6 Å². The molecule has 190 valence electrons. The van der Waals surface area contributed by atoms with Crippen LogP contribution in [-0.2, 0) is 11.3 Å². The average molecular weight is 503 g/mol. The van der Waals surface area contributed by atoms with E-state index in [1.54, 1.807) is 34.2 Å². The number of anilines is 2. The van der Waals surface area contributed by atoms with E-state index in [9.17, 15) is 14.3 Å². The van der Waals surface area contributed by atoms with Crippen molar-refractivity contribution in [1.29, 1.82) is 0 Å². The minimum Gasteiger partial charge on any atom is -0.505 e.